The zero-order valence-corrected chi connectivity index (χ0v) is 14.9. The second-order valence-electron chi connectivity index (χ2n) is 6.98. The minimum atomic E-state index is -2.66. The van der Waals surface area contributed by atoms with Crippen LogP contribution in [0.15, 0.2) is 57.7 Å². The Morgan fingerprint density at radius 3 is 2.67 bits per heavy atom. The summed E-state index contributed by atoms with van der Waals surface area (Å²) in [6.45, 7) is -2.57. The molecule has 0 aliphatic rings. The van der Waals surface area contributed by atoms with E-state index >= 15 is 0 Å². The largest absolute Gasteiger partial charge is 0.481 e. The highest BCUT2D eigenvalue weighted by atomic mass is 16.4. The smallest absolute Gasteiger partial charge is 0.336 e. The second-order valence-corrected chi connectivity index (χ2v) is 6.98. The molecule has 1 aromatic heterocycles. The number of hydrogen-bond donors (Lipinski definition) is 1. The van der Waals surface area contributed by atoms with Gasteiger partial charge in [0.1, 0.15) is 5.58 Å². The molecule has 3 rings (SSSR count). The summed E-state index contributed by atoms with van der Waals surface area (Å²) >= 11 is 0. The topological polar surface area (TPSA) is 70.8 Å². The second kappa shape index (κ2) is 6.91. The monoisotopic (exact) mass is 371 g/mol. The summed E-state index contributed by atoms with van der Waals surface area (Å²) in [4.78, 5) is 24.9. The Bertz CT molecular complexity index is 1260. The summed E-state index contributed by atoms with van der Waals surface area (Å²) in [6.07, 6.45) is 0. The van der Waals surface area contributed by atoms with Gasteiger partial charge in [-0.25, -0.2) is 4.79 Å². The van der Waals surface area contributed by atoms with Gasteiger partial charge >= 0.3 is 11.6 Å². The number of anilines is 1. The van der Waals surface area contributed by atoms with Crippen LogP contribution in [0.25, 0.3) is 22.1 Å². The van der Waals surface area contributed by atoms with E-state index in [0.29, 0.717) is 16.5 Å². The van der Waals surface area contributed by atoms with E-state index in [-0.39, 0.29) is 23.4 Å². The number of aliphatic carboxylic acids is 1. The first-order valence-corrected chi connectivity index (χ1v) is 8.30. The van der Waals surface area contributed by atoms with Crippen molar-refractivity contribution in [2.45, 2.75) is 20.7 Å². The quantitative estimate of drug-likeness (QED) is 0.677. The molecule has 0 aliphatic carbocycles. The molecule has 0 bridgehead atoms. The molecule has 140 valence electrons. The number of hydrogen-bond acceptors (Lipinski definition) is 4. The Morgan fingerprint density at radius 1 is 1.19 bits per heavy atom. The van der Waals surface area contributed by atoms with Crippen LogP contribution in [0, 0.1) is 12.3 Å². The first-order chi connectivity index (χ1) is 15.1. The lowest BCUT2D eigenvalue weighted by molar-refractivity contribution is -0.146. The van der Waals surface area contributed by atoms with Gasteiger partial charge in [0.05, 0.1) is 5.41 Å². The van der Waals surface area contributed by atoms with Crippen LogP contribution in [0.3, 0.4) is 0 Å². The number of carbonyl (C=O) groups is 1. The van der Waals surface area contributed by atoms with Crippen molar-refractivity contribution >= 4 is 22.6 Å². The summed E-state index contributed by atoms with van der Waals surface area (Å²) in [6, 6.07) is 11.9. The van der Waals surface area contributed by atoms with Crippen LogP contribution in [0.2, 0.25) is 0 Å². The fourth-order valence-electron chi connectivity index (χ4n) is 2.81. The number of carboxylic acids is 1. The normalized spacial score (nSPS) is 15.8. The van der Waals surface area contributed by atoms with E-state index in [2.05, 4.69) is 0 Å². The molecule has 0 spiro atoms. The van der Waals surface area contributed by atoms with Crippen molar-refractivity contribution in [3.63, 3.8) is 0 Å². The molecule has 3 aromatic rings. The van der Waals surface area contributed by atoms with Crippen molar-refractivity contribution in [1.82, 2.24) is 0 Å². The third-order valence-electron chi connectivity index (χ3n) is 4.39. The standard InChI is InChI=1S/C22H23NO4/c1-14-7-5-6-8-16(14)18-12-20(24)27-19-11-15(9-10-17(18)19)23(4)13-22(2,3)21(25)26/h5-12H,13H2,1-4H3,(H,25,26)/i1D3,4D3. The van der Waals surface area contributed by atoms with Gasteiger partial charge in [0.15, 0.2) is 0 Å². The van der Waals surface area contributed by atoms with Crippen molar-refractivity contribution in [1.29, 1.82) is 0 Å². The Morgan fingerprint density at radius 2 is 1.96 bits per heavy atom. The van der Waals surface area contributed by atoms with E-state index in [1.165, 1.54) is 44.2 Å². The van der Waals surface area contributed by atoms with Gasteiger partial charge in [-0.1, -0.05) is 24.3 Å². The first kappa shape index (κ1) is 12.3. The average Bonchev–Trinajstić information content (AvgIpc) is 2.69. The van der Waals surface area contributed by atoms with E-state index in [9.17, 15) is 14.7 Å². The minimum Gasteiger partial charge on any atom is -0.481 e. The van der Waals surface area contributed by atoms with Crippen LogP contribution in [0.5, 0.6) is 0 Å². The van der Waals surface area contributed by atoms with Gasteiger partial charge in [-0.3, -0.25) is 4.79 Å². The van der Waals surface area contributed by atoms with Crippen LogP contribution in [0.1, 0.15) is 27.6 Å². The Hall–Kier alpha value is -3.08. The van der Waals surface area contributed by atoms with Gasteiger partial charge in [0, 0.05) is 50.5 Å². The first-order valence-electron chi connectivity index (χ1n) is 11.3. The van der Waals surface area contributed by atoms with E-state index in [1.54, 1.807) is 18.2 Å². The lowest BCUT2D eigenvalue weighted by Crippen LogP contribution is -2.37. The lowest BCUT2D eigenvalue weighted by atomic mass is 9.93. The average molecular weight is 371 g/mol. The highest BCUT2D eigenvalue weighted by Gasteiger charge is 2.29. The van der Waals surface area contributed by atoms with Gasteiger partial charge in [-0.15, -0.1) is 0 Å². The summed E-state index contributed by atoms with van der Waals surface area (Å²) in [5.74, 6) is -1.16. The molecule has 2 aromatic carbocycles. The molecule has 0 radical (unpaired) electrons. The molecule has 27 heavy (non-hydrogen) atoms. The van der Waals surface area contributed by atoms with Gasteiger partial charge in [-0.05, 0) is 44.0 Å². The molecular formula is C22H23NO4. The molecule has 0 aliphatic heterocycles. The Balaban J connectivity index is 2.22. The highest BCUT2D eigenvalue weighted by molar-refractivity contribution is 5.95. The number of carboxylic acid groups (broad SMARTS) is 1. The van der Waals surface area contributed by atoms with Crippen molar-refractivity contribution in [2.75, 3.05) is 18.4 Å². The zero-order chi connectivity index (χ0) is 24.8. The maximum Gasteiger partial charge on any atom is 0.336 e. The number of fused-ring (bicyclic) bond motifs is 1. The van der Waals surface area contributed by atoms with Gasteiger partial charge in [0.25, 0.3) is 0 Å². The van der Waals surface area contributed by atoms with Crippen molar-refractivity contribution in [3.8, 4) is 11.1 Å². The Labute approximate surface area is 166 Å². The van der Waals surface area contributed by atoms with Crippen molar-refractivity contribution in [2.24, 2.45) is 5.41 Å². The minimum absolute atomic E-state index is 0.0535. The van der Waals surface area contributed by atoms with Crippen LogP contribution < -0.4 is 10.5 Å². The molecule has 0 fully saturated rings. The lowest BCUT2D eigenvalue weighted by Gasteiger charge is -2.28. The number of nitrogens with zero attached hydrogens (tertiary/aromatic N) is 1. The molecule has 1 N–H and O–H groups in total. The van der Waals surface area contributed by atoms with Gasteiger partial charge in [0.2, 0.25) is 0 Å². The molecule has 5 heteroatoms. The van der Waals surface area contributed by atoms with Crippen molar-refractivity contribution in [3.05, 3.63) is 64.5 Å². The third-order valence-corrected chi connectivity index (χ3v) is 4.39. The molecule has 0 unspecified atom stereocenters. The maximum atomic E-state index is 12.3. The van der Waals surface area contributed by atoms with E-state index < -0.39 is 30.8 Å². The van der Waals surface area contributed by atoms with E-state index in [1.807, 2.05) is 0 Å². The predicted octanol–water partition coefficient (Wildman–Crippen LogP) is 4.32. The summed E-state index contributed by atoms with van der Waals surface area (Å²) in [5.41, 5.74) is -1.17. The van der Waals surface area contributed by atoms with Crippen molar-refractivity contribution < 1.29 is 22.5 Å². The third kappa shape index (κ3) is 3.72. The van der Waals surface area contributed by atoms with Crippen LogP contribution in [0.4, 0.5) is 5.69 Å². The molecule has 0 atom stereocenters. The summed E-state index contributed by atoms with van der Waals surface area (Å²) in [7, 11) is 0. The fraction of sp³-hybridized carbons (Fsp3) is 0.273. The molecule has 0 amide bonds. The number of rotatable bonds is 5. The fourth-order valence-corrected chi connectivity index (χ4v) is 2.81. The van der Waals surface area contributed by atoms with Crippen LogP contribution >= 0.6 is 0 Å². The molecule has 5 nitrogen and oxygen atoms in total. The maximum absolute atomic E-state index is 12.3. The van der Waals surface area contributed by atoms with Gasteiger partial charge < -0.3 is 14.4 Å². The number of benzene rings is 2. The molecule has 0 saturated carbocycles. The summed E-state index contributed by atoms with van der Waals surface area (Å²) in [5, 5.41) is 9.86. The molecule has 1 heterocycles. The number of aryl methyl sites for hydroxylation is 1. The molecular weight excluding hydrogens is 342 g/mol. The molecule has 0 saturated heterocycles. The van der Waals surface area contributed by atoms with Gasteiger partial charge in [-0.2, -0.15) is 0 Å². The highest BCUT2D eigenvalue weighted by Crippen LogP contribution is 2.32. The predicted molar refractivity (Wildman–Crippen MR) is 107 cm³/mol. The SMILES string of the molecule is [2H]C([2H])([2H])c1ccccc1-c1cc(=O)oc2cc(N(CC(C)(C)C(=O)O)C([2H])([2H])[2H])ccc12. The summed E-state index contributed by atoms with van der Waals surface area (Å²) < 4.78 is 52.4. The Kier molecular flexibility index (Phi) is 3.16. The van der Waals surface area contributed by atoms with Crippen LogP contribution in [-0.2, 0) is 4.79 Å². The zero-order valence-electron chi connectivity index (χ0n) is 20.9. The van der Waals surface area contributed by atoms with E-state index in [4.69, 9.17) is 12.6 Å². The van der Waals surface area contributed by atoms with Crippen LogP contribution in [-0.4, -0.2) is 24.6 Å². The van der Waals surface area contributed by atoms with E-state index in [0.717, 1.165) is 4.90 Å².